The molecule has 0 saturated carbocycles. The Morgan fingerprint density at radius 1 is 1.35 bits per heavy atom. The molecule has 0 aliphatic heterocycles. The molecule has 2 rings (SSSR count). The van der Waals surface area contributed by atoms with E-state index >= 15 is 0 Å². The maximum Gasteiger partial charge on any atom is 0.241 e. The highest BCUT2D eigenvalue weighted by Gasteiger charge is 2.15. The maximum absolute atomic E-state index is 12.0. The number of carbonyl (C=O) groups excluding carboxylic acids is 1. The average molecular weight is 292 g/mol. The fourth-order valence-corrected chi connectivity index (χ4v) is 1.85. The molecule has 1 aromatic carbocycles. The number of halogens is 1. The van der Waals surface area contributed by atoms with Gasteiger partial charge in [0.25, 0.3) is 0 Å². The summed E-state index contributed by atoms with van der Waals surface area (Å²) in [6.07, 6.45) is 1.90. The lowest BCUT2D eigenvalue weighted by atomic mass is 10.1. The Hall–Kier alpha value is -2.11. The second-order valence-corrected chi connectivity index (χ2v) is 4.67. The van der Waals surface area contributed by atoms with Crippen LogP contribution in [0, 0.1) is 0 Å². The lowest BCUT2D eigenvalue weighted by molar-refractivity contribution is -0.117. The van der Waals surface area contributed by atoms with E-state index in [0.717, 1.165) is 5.56 Å². The summed E-state index contributed by atoms with van der Waals surface area (Å²) in [6.45, 7) is 0. The monoisotopic (exact) mass is 291 g/mol. The Kier molecular flexibility index (Phi) is 4.55. The minimum atomic E-state index is -0.712. The van der Waals surface area contributed by atoms with Crippen LogP contribution in [0.3, 0.4) is 0 Å². The van der Waals surface area contributed by atoms with Gasteiger partial charge >= 0.3 is 0 Å². The van der Waals surface area contributed by atoms with Crippen LogP contribution in [0.2, 0.25) is 5.15 Å². The molecule has 1 amide bonds. The molecule has 1 heterocycles. The maximum atomic E-state index is 12.0. The highest BCUT2D eigenvalue weighted by molar-refractivity contribution is 6.32. The molecule has 4 N–H and O–H groups in total. The number of anilines is 1. The summed E-state index contributed by atoms with van der Waals surface area (Å²) >= 11 is 5.86. The second kappa shape index (κ2) is 6.36. The van der Waals surface area contributed by atoms with Crippen LogP contribution in [-0.2, 0) is 11.2 Å². The number of hydrogen-bond acceptors (Lipinski definition) is 4. The van der Waals surface area contributed by atoms with Gasteiger partial charge in [-0.05, 0) is 36.2 Å². The van der Waals surface area contributed by atoms with Crippen molar-refractivity contribution in [2.45, 2.75) is 12.5 Å². The summed E-state index contributed by atoms with van der Waals surface area (Å²) in [5.41, 5.74) is 7.14. The zero-order chi connectivity index (χ0) is 14.5. The van der Waals surface area contributed by atoms with Crippen molar-refractivity contribution < 1.29 is 9.90 Å². The highest BCUT2D eigenvalue weighted by atomic mass is 35.5. The van der Waals surface area contributed by atoms with Crippen molar-refractivity contribution in [1.29, 1.82) is 0 Å². The van der Waals surface area contributed by atoms with Crippen LogP contribution in [0.1, 0.15) is 5.56 Å². The Morgan fingerprint density at radius 2 is 2.05 bits per heavy atom. The number of phenolic OH excluding ortho intramolecular Hbond substituents is 1. The number of amides is 1. The zero-order valence-corrected chi connectivity index (χ0v) is 11.3. The largest absolute Gasteiger partial charge is 0.508 e. The quantitative estimate of drug-likeness (QED) is 0.751. The molecule has 0 saturated heterocycles. The zero-order valence-electron chi connectivity index (χ0n) is 10.6. The van der Waals surface area contributed by atoms with Gasteiger partial charge in [-0.25, -0.2) is 4.98 Å². The van der Waals surface area contributed by atoms with Crippen LogP contribution in [0.15, 0.2) is 42.6 Å². The predicted octanol–water partition coefficient (Wildman–Crippen LogP) is 1.95. The Balaban J connectivity index is 1.99. The molecule has 0 aliphatic carbocycles. The third kappa shape index (κ3) is 3.69. The summed E-state index contributed by atoms with van der Waals surface area (Å²) in [6, 6.07) is 9.17. The summed E-state index contributed by atoms with van der Waals surface area (Å²) in [5, 5.41) is 12.0. The standard InChI is InChI=1S/C14H14ClN3O2/c15-13-12(2-1-7-17-13)18-14(20)11(16)8-9-3-5-10(19)6-4-9/h1-7,11,19H,8,16H2,(H,18,20)/t11-/m1/s1. The van der Waals surface area contributed by atoms with Crippen molar-refractivity contribution in [2.24, 2.45) is 5.73 Å². The number of aromatic nitrogens is 1. The van der Waals surface area contributed by atoms with Crippen LogP contribution in [0.5, 0.6) is 5.75 Å². The van der Waals surface area contributed by atoms with Crippen molar-refractivity contribution >= 4 is 23.2 Å². The Morgan fingerprint density at radius 3 is 2.70 bits per heavy atom. The number of hydrogen-bond donors (Lipinski definition) is 3. The number of aromatic hydroxyl groups is 1. The van der Waals surface area contributed by atoms with Gasteiger partial charge in [0.15, 0.2) is 5.15 Å². The van der Waals surface area contributed by atoms with Gasteiger partial charge in [0.05, 0.1) is 11.7 Å². The lowest BCUT2D eigenvalue weighted by Gasteiger charge is -2.13. The number of pyridine rings is 1. The van der Waals surface area contributed by atoms with E-state index in [2.05, 4.69) is 10.3 Å². The van der Waals surface area contributed by atoms with Gasteiger partial charge in [0, 0.05) is 6.20 Å². The number of nitrogens with one attached hydrogen (secondary N) is 1. The topological polar surface area (TPSA) is 88.2 Å². The summed E-state index contributed by atoms with van der Waals surface area (Å²) in [4.78, 5) is 15.8. The SMILES string of the molecule is N[C@H](Cc1ccc(O)cc1)C(=O)Nc1cccnc1Cl. The number of rotatable bonds is 4. The van der Waals surface area contributed by atoms with E-state index in [-0.39, 0.29) is 16.8 Å². The van der Waals surface area contributed by atoms with Gasteiger partial charge in [-0.2, -0.15) is 0 Å². The number of carbonyl (C=O) groups is 1. The first-order chi connectivity index (χ1) is 9.56. The molecule has 0 bridgehead atoms. The lowest BCUT2D eigenvalue weighted by Crippen LogP contribution is -2.37. The van der Waals surface area contributed by atoms with Gasteiger partial charge in [-0.15, -0.1) is 0 Å². The summed E-state index contributed by atoms with van der Waals surface area (Å²) < 4.78 is 0. The van der Waals surface area contributed by atoms with Crippen LogP contribution >= 0.6 is 11.6 Å². The molecule has 0 aliphatic rings. The van der Waals surface area contributed by atoms with E-state index in [1.54, 1.807) is 36.4 Å². The minimum absolute atomic E-state index is 0.175. The average Bonchev–Trinajstić information content (AvgIpc) is 2.44. The van der Waals surface area contributed by atoms with E-state index in [1.807, 2.05) is 0 Å². The van der Waals surface area contributed by atoms with E-state index in [0.29, 0.717) is 12.1 Å². The molecular formula is C14H14ClN3O2. The predicted molar refractivity (Wildman–Crippen MR) is 77.7 cm³/mol. The normalized spacial score (nSPS) is 11.9. The molecule has 1 atom stereocenters. The number of benzene rings is 1. The van der Waals surface area contributed by atoms with Crippen molar-refractivity contribution in [3.63, 3.8) is 0 Å². The van der Waals surface area contributed by atoms with Gasteiger partial charge in [0.2, 0.25) is 5.91 Å². The second-order valence-electron chi connectivity index (χ2n) is 4.31. The molecular weight excluding hydrogens is 278 g/mol. The summed E-state index contributed by atoms with van der Waals surface area (Å²) in [7, 11) is 0. The summed E-state index contributed by atoms with van der Waals surface area (Å²) in [5.74, 6) is -0.165. The number of nitrogens with two attached hydrogens (primary N) is 1. The van der Waals surface area contributed by atoms with Crippen molar-refractivity contribution in [3.05, 3.63) is 53.3 Å². The minimum Gasteiger partial charge on any atom is -0.508 e. The molecule has 0 spiro atoms. The molecule has 0 radical (unpaired) electrons. The van der Waals surface area contributed by atoms with E-state index in [9.17, 15) is 9.90 Å². The fourth-order valence-electron chi connectivity index (χ4n) is 1.68. The molecule has 5 nitrogen and oxygen atoms in total. The van der Waals surface area contributed by atoms with E-state index < -0.39 is 6.04 Å². The van der Waals surface area contributed by atoms with Gasteiger partial charge < -0.3 is 16.2 Å². The molecule has 104 valence electrons. The van der Waals surface area contributed by atoms with Gasteiger partial charge in [0.1, 0.15) is 5.75 Å². The first-order valence-corrected chi connectivity index (χ1v) is 6.39. The van der Waals surface area contributed by atoms with Crippen LogP contribution in [0.4, 0.5) is 5.69 Å². The highest BCUT2D eigenvalue weighted by Crippen LogP contribution is 2.18. The van der Waals surface area contributed by atoms with Crippen molar-refractivity contribution in [2.75, 3.05) is 5.32 Å². The first kappa shape index (κ1) is 14.3. The number of phenols is 1. The van der Waals surface area contributed by atoms with E-state index in [4.69, 9.17) is 17.3 Å². The van der Waals surface area contributed by atoms with Crippen molar-refractivity contribution in [3.8, 4) is 5.75 Å². The van der Waals surface area contributed by atoms with Gasteiger partial charge in [-0.1, -0.05) is 23.7 Å². The fraction of sp³-hybridized carbons (Fsp3) is 0.143. The Bertz CT molecular complexity index is 602. The van der Waals surface area contributed by atoms with Crippen LogP contribution in [0.25, 0.3) is 0 Å². The van der Waals surface area contributed by atoms with Crippen molar-refractivity contribution in [1.82, 2.24) is 4.98 Å². The van der Waals surface area contributed by atoms with Crippen LogP contribution < -0.4 is 11.1 Å². The Labute approximate surface area is 121 Å². The molecule has 6 heteroatoms. The van der Waals surface area contributed by atoms with E-state index in [1.165, 1.54) is 6.20 Å². The number of nitrogens with zero attached hydrogens (tertiary/aromatic N) is 1. The third-order valence-corrected chi connectivity index (χ3v) is 3.05. The molecule has 0 fully saturated rings. The van der Waals surface area contributed by atoms with Crippen LogP contribution in [-0.4, -0.2) is 22.0 Å². The molecule has 0 unspecified atom stereocenters. The molecule has 20 heavy (non-hydrogen) atoms. The molecule has 2 aromatic rings. The smallest absolute Gasteiger partial charge is 0.241 e. The van der Waals surface area contributed by atoms with Gasteiger partial charge in [-0.3, -0.25) is 4.79 Å². The molecule has 1 aromatic heterocycles. The third-order valence-electron chi connectivity index (χ3n) is 2.75. The first-order valence-electron chi connectivity index (χ1n) is 6.01.